The summed E-state index contributed by atoms with van der Waals surface area (Å²) in [5, 5.41) is 9.47. The lowest BCUT2D eigenvalue weighted by Crippen LogP contribution is -2.33. The van der Waals surface area contributed by atoms with E-state index in [1.807, 2.05) is 62.4 Å². The van der Waals surface area contributed by atoms with Crippen molar-refractivity contribution in [1.82, 2.24) is 15.0 Å². The van der Waals surface area contributed by atoms with Crippen LogP contribution in [0.15, 0.2) is 84.2 Å². The molecule has 0 aliphatic rings. The molecule has 0 bridgehead atoms. The molecular formula is C29H22F5N5S. The van der Waals surface area contributed by atoms with Gasteiger partial charge < -0.3 is 5.32 Å². The smallest absolute Gasteiger partial charge is 0.331 e. The zero-order chi connectivity index (χ0) is 28.7. The molecule has 0 spiro atoms. The van der Waals surface area contributed by atoms with Gasteiger partial charge in [0.15, 0.2) is 5.11 Å². The van der Waals surface area contributed by atoms with E-state index in [-0.39, 0.29) is 0 Å². The van der Waals surface area contributed by atoms with Gasteiger partial charge in [0.1, 0.15) is 6.33 Å². The minimum absolute atomic E-state index is 0.358. The number of thiocarbonyl (C=S) groups is 1. The van der Waals surface area contributed by atoms with Gasteiger partial charge in [-0.15, -0.1) is 0 Å². The van der Waals surface area contributed by atoms with E-state index in [1.54, 1.807) is 10.8 Å². The maximum Gasteiger partial charge on any atom is 0.458 e. The van der Waals surface area contributed by atoms with Crippen LogP contribution in [0, 0.1) is 13.8 Å². The highest BCUT2D eigenvalue weighted by atomic mass is 32.1. The fourth-order valence-corrected chi connectivity index (χ4v) is 4.58. The van der Waals surface area contributed by atoms with Gasteiger partial charge in [0.2, 0.25) is 0 Å². The largest absolute Gasteiger partial charge is 0.458 e. The van der Waals surface area contributed by atoms with E-state index in [0.717, 1.165) is 45.3 Å². The molecule has 0 radical (unpaired) electrons. The second-order valence-electron chi connectivity index (χ2n) is 9.24. The van der Waals surface area contributed by atoms with Crippen LogP contribution in [0.1, 0.15) is 22.3 Å². The summed E-state index contributed by atoms with van der Waals surface area (Å²) in [7, 11) is 0. The number of nitrogens with zero attached hydrogens (tertiary/aromatic N) is 3. The molecule has 0 saturated carbocycles. The van der Waals surface area contributed by atoms with Gasteiger partial charge in [-0.3, -0.25) is 9.99 Å². The molecule has 0 atom stereocenters. The maximum atomic E-state index is 13.7. The Hall–Kier alpha value is -4.38. The third kappa shape index (κ3) is 5.12. The van der Waals surface area contributed by atoms with Gasteiger partial charge in [0.05, 0.1) is 17.2 Å². The van der Waals surface area contributed by atoms with Crippen molar-refractivity contribution in [3.63, 3.8) is 0 Å². The molecule has 0 aliphatic carbocycles. The molecule has 40 heavy (non-hydrogen) atoms. The van der Waals surface area contributed by atoms with E-state index in [1.165, 1.54) is 18.5 Å². The van der Waals surface area contributed by atoms with Gasteiger partial charge in [0.25, 0.3) is 0 Å². The van der Waals surface area contributed by atoms with Crippen molar-refractivity contribution in [2.24, 2.45) is 5.10 Å². The summed E-state index contributed by atoms with van der Waals surface area (Å²) in [5.41, 5.74) is 7.31. The Morgan fingerprint density at radius 3 is 2.30 bits per heavy atom. The molecular weight excluding hydrogens is 545 g/mol. The third-order valence-corrected chi connectivity index (χ3v) is 6.71. The van der Waals surface area contributed by atoms with Crippen molar-refractivity contribution in [2.45, 2.75) is 25.9 Å². The monoisotopic (exact) mass is 567 g/mol. The van der Waals surface area contributed by atoms with Crippen molar-refractivity contribution >= 4 is 51.0 Å². The first-order chi connectivity index (χ1) is 19.0. The number of alkyl halides is 5. The predicted octanol–water partition coefficient (Wildman–Crippen LogP) is 7.77. The minimum atomic E-state index is -5.67. The summed E-state index contributed by atoms with van der Waals surface area (Å²) >= 11 is 5.35. The van der Waals surface area contributed by atoms with Gasteiger partial charge in [-0.2, -0.15) is 27.1 Å². The van der Waals surface area contributed by atoms with Gasteiger partial charge in [-0.05, 0) is 72.4 Å². The minimum Gasteiger partial charge on any atom is -0.331 e. The van der Waals surface area contributed by atoms with E-state index in [2.05, 4.69) is 20.8 Å². The molecule has 5 rings (SSSR count). The number of imidazole rings is 1. The SMILES string of the molecule is Cc1cccc(C)c1NC(=S)NN=Cc1ccc2c(ccc3c2ncn3-c2ccc(C(F)(F)C(F)(F)F)cc2)c1. The number of anilines is 1. The average molecular weight is 568 g/mol. The number of hydrogen-bond donors (Lipinski definition) is 2. The number of aryl methyl sites for hydroxylation is 2. The summed E-state index contributed by atoms with van der Waals surface area (Å²) in [6, 6.07) is 19.3. The Balaban J connectivity index is 1.34. The standard InChI is InChI=1S/C29H22F5N5S/c1-17-4-3-5-18(2)25(17)37-27(40)38-36-15-19-6-12-23-20(14-19)7-13-24-26(23)35-16-39(24)22-10-8-21(9-11-22)28(30,31)29(32,33)34/h3-16H,1-2H3,(H2,37,38,40). The van der Waals surface area contributed by atoms with E-state index in [9.17, 15) is 22.0 Å². The number of benzene rings is 4. The number of rotatable bonds is 5. The third-order valence-electron chi connectivity index (χ3n) is 6.52. The van der Waals surface area contributed by atoms with Crippen LogP contribution in [0.5, 0.6) is 0 Å². The number of nitrogens with one attached hydrogen (secondary N) is 2. The van der Waals surface area contributed by atoms with E-state index >= 15 is 0 Å². The summed E-state index contributed by atoms with van der Waals surface area (Å²) in [5.74, 6) is -4.93. The summed E-state index contributed by atoms with van der Waals surface area (Å²) < 4.78 is 67.1. The highest BCUT2D eigenvalue weighted by molar-refractivity contribution is 7.80. The zero-order valence-corrected chi connectivity index (χ0v) is 22.0. The fraction of sp³-hybridized carbons (Fsp3) is 0.138. The lowest BCUT2D eigenvalue weighted by atomic mass is 10.1. The molecule has 0 amide bonds. The lowest BCUT2D eigenvalue weighted by Gasteiger charge is -2.20. The molecule has 11 heteroatoms. The lowest BCUT2D eigenvalue weighted by molar-refractivity contribution is -0.289. The van der Waals surface area contributed by atoms with Crippen molar-refractivity contribution in [2.75, 3.05) is 5.32 Å². The number of hydrogen-bond acceptors (Lipinski definition) is 3. The van der Waals surface area contributed by atoms with E-state index < -0.39 is 17.7 Å². The molecule has 0 aliphatic heterocycles. The Labute approximate surface area is 231 Å². The molecule has 1 heterocycles. The number of hydrazone groups is 1. The fourth-order valence-electron chi connectivity index (χ4n) is 4.43. The molecule has 204 valence electrons. The molecule has 0 fully saturated rings. The quantitative estimate of drug-likeness (QED) is 0.0986. The number of para-hydroxylation sites is 1. The zero-order valence-electron chi connectivity index (χ0n) is 21.2. The summed E-state index contributed by atoms with van der Waals surface area (Å²) in [6.07, 6.45) is -2.53. The van der Waals surface area contributed by atoms with Crippen molar-refractivity contribution in [3.8, 4) is 5.69 Å². The molecule has 2 N–H and O–H groups in total. The molecule has 4 aromatic carbocycles. The van der Waals surface area contributed by atoms with Gasteiger partial charge in [-0.1, -0.05) is 48.5 Å². The second-order valence-corrected chi connectivity index (χ2v) is 9.65. The summed E-state index contributed by atoms with van der Waals surface area (Å²) in [6.45, 7) is 3.98. The Bertz CT molecular complexity index is 1740. The van der Waals surface area contributed by atoms with Crippen LogP contribution in [-0.2, 0) is 5.92 Å². The normalized spacial score (nSPS) is 12.4. The van der Waals surface area contributed by atoms with Crippen LogP contribution < -0.4 is 10.7 Å². The van der Waals surface area contributed by atoms with Crippen molar-refractivity contribution in [1.29, 1.82) is 0 Å². The predicted molar refractivity (Wildman–Crippen MR) is 151 cm³/mol. The van der Waals surface area contributed by atoms with Crippen LogP contribution >= 0.6 is 12.2 Å². The first-order valence-electron chi connectivity index (χ1n) is 12.1. The Morgan fingerprint density at radius 2 is 1.62 bits per heavy atom. The Kier molecular flexibility index (Phi) is 7.01. The molecule has 0 unspecified atom stereocenters. The van der Waals surface area contributed by atoms with E-state index in [0.29, 0.717) is 21.8 Å². The Morgan fingerprint density at radius 1 is 0.925 bits per heavy atom. The van der Waals surface area contributed by atoms with Crippen LogP contribution in [0.2, 0.25) is 0 Å². The van der Waals surface area contributed by atoms with Crippen LogP contribution in [0.3, 0.4) is 0 Å². The average Bonchev–Trinajstić information content (AvgIpc) is 3.35. The number of halogens is 5. The van der Waals surface area contributed by atoms with Crippen LogP contribution in [0.25, 0.3) is 27.5 Å². The van der Waals surface area contributed by atoms with Crippen LogP contribution in [-0.4, -0.2) is 27.1 Å². The first-order valence-corrected chi connectivity index (χ1v) is 12.5. The maximum absolute atomic E-state index is 13.7. The summed E-state index contributed by atoms with van der Waals surface area (Å²) in [4.78, 5) is 4.47. The first kappa shape index (κ1) is 27.2. The molecule has 1 aromatic heterocycles. The van der Waals surface area contributed by atoms with E-state index in [4.69, 9.17) is 12.2 Å². The second kappa shape index (κ2) is 10.3. The molecule has 5 aromatic rings. The van der Waals surface area contributed by atoms with Gasteiger partial charge >= 0.3 is 12.1 Å². The van der Waals surface area contributed by atoms with Crippen LogP contribution in [0.4, 0.5) is 27.6 Å². The number of fused-ring (bicyclic) bond motifs is 3. The van der Waals surface area contributed by atoms with Crippen molar-refractivity contribution in [3.05, 3.63) is 101 Å². The highest BCUT2D eigenvalue weighted by Gasteiger charge is 2.58. The van der Waals surface area contributed by atoms with Crippen molar-refractivity contribution < 1.29 is 22.0 Å². The van der Waals surface area contributed by atoms with Gasteiger partial charge in [-0.25, -0.2) is 4.98 Å². The topological polar surface area (TPSA) is 54.2 Å². The highest BCUT2D eigenvalue weighted by Crippen LogP contribution is 2.44. The molecule has 0 saturated heterocycles. The van der Waals surface area contributed by atoms with Gasteiger partial charge in [0, 0.05) is 22.3 Å². The molecule has 5 nitrogen and oxygen atoms in total. The number of aromatic nitrogens is 2.